The van der Waals surface area contributed by atoms with Gasteiger partial charge in [-0.15, -0.1) is 0 Å². The van der Waals surface area contributed by atoms with E-state index in [1.54, 1.807) is 0 Å². The number of carbonyl (C=O) groups is 1. The molecule has 0 unspecified atom stereocenters. The number of hydrogen-bond acceptors (Lipinski definition) is 4. The van der Waals surface area contributed by atoms with Gasteiger partial charge in [0.05, 0.1) is 11.8 Å². The number of benzene rings is 2. The first-order valence-electron chi connectivity index (χ1n) is 7.58. The van der Waals surface area contributed by atoms with Gasteiger partial charge in [0.1, 0.15) is 0 Å². The van der Waals surface area contributed by atoms with E-state index in [0.29, 0.717) is 6.54 Å². The Kier molecular flexibility index (Phi) is 7.08. The molecule has 0 aliphatic carbocycles. The number of anilines is 1. The quantitative estimate of drug-likeness (QED) is 0.399. The van der Waals surface area contributed by atoms with Crippen molar-refractivity contribution in [2.75, 3.05) is 5.32 Å². The van der Waals surface area contributed by atoms with E-state index >= 15 is 0 Å². The number of alkyl halides is 3. The van der Waals surface area contributed by atoms with E-state index < -0.39 is 17.8 Å². The molecular formula is C17H16BrF3N4O2. The minimum Gasteiger partial charge on any atom is -0.391 e. The van der Waals surface area contributed by atoms with Crippen molar-refractivity contribution in [2.24, 2.45) is 5.90 Å². The fourth-order valence-electron chi connectivity index (χ4n) is 2.06. The lowest BCUT2D eigenvalue weighted by Gasteiger charge is -2.12. The molecule has 0 heterocycles. The van der Waals surface area contributed by atoms with Crippen LogP contribution in [0, 0.1) is 0 Å². The minimum absolute atomic E-state index is 0.0270. The smallest absolute Gasteiger partial charge is 0.391 e. The minimum atomic E-state index is -4.50. The van der Waals surface area contributed by atoms with Gasteiger partial charge in [0.2, 0.25) is 5.88 Å². The summed E-state index contributed by atoms with van der Waals surface area (Å²) < 4.78 is 39.0. The van der Waals surface area contributed by atoms with E-state index in [1.165, 1.54) is 18.3 Å². The largest absolute Gasteiger partial charge is 0.416 e. The Morgan fingerprint density at radius 3 is 2.59 bits per heavy atom. The van der Waals surface area contributed by atoms with Gasteiger partial charge in [0, 0.05) is 16.7 Å². The fourth-order valence-corrected chi connectivity index (χ4v) is 2.50. The molecule has 2 aromatic rings. The summed E-state index contributed by atoms with van der Waals surface area (Å²) in [5.41, 5.74) is 0.0630. The molecule has 0 bridgehead atoms. The van der Waals surface area contributed by atoms with Crippen molar-refractivity contribution in [3.8, 4) is 0 Å². The number of hydrogen-bond donors (Lipinski definition) is 4. The normalized spacial score (nSPS) is 11.7. The van der Waals surface area contributed by atoms with Gasteiger partial charge >= 0.3 is 12.2 Å². The number of amides is 2. The monoisotopic (exact) mass is 444 g/mol. The molecule has 0 aromatic heterocycles. The van der Waals surface area contributed by atoms with E-state index in [2.05, 4.69) is 36.7 Å². The molecule has 0 saturated heterocycles. The summed E-state index contributed by atoms with van der Waals surface area (Å²) in [5.74, 6) is 4.98. The first kappa shape index (κ1) is 20.6. The Morgan fingerprint density at radius 1 is 1.19 bits per heavy atom. The van der Waals surface area contributed by atoms with E-state index in [4.69, 9.17) is 5.90 Å². The lowest BCUT2D eigenvalue weighted by Crippen LogP contribution is -2.31. The Morgan fingerprint density at radius 2 is 1.93 bits per heavy atom. The highest BCUT2D eigenvalue weighted by molar-refractivity contribution is 9.10. The van der Waals surface area contributed by atoms with Crippen molar-refractivity contribution in [2.45, 2.75) is 12.7 Å². The van der Waals surface area contributed by atoms with E-state index in [-0.39, 0.29) is 11.6 Å². The van der Waals surface area contributed by atoms with Crippen LogP contribution in [0.2, 0.25) is 0 Å². The van der Waals surface area contributed by atoms with Gasteiger partial charge in [-0.25, -0.2) is 4.79 Å². The molecule has 0 spiro atoms. The lowest BCUT2D eigenvalue weighted by atomic mass is 10.2. The maximum absolute atomic E-state index is 12.7. The van der Waals surface area contributed by atoms with Crippen LogP contribution >= 0.6 is 15.9 Å². The van der Waals surface area contributed by atoms with Crippen molar-refractivity contribution in [1.29, 1.82) is 0 Å². The highest BCUT2D eigenvalue weighted by Gasteiger charge is 2.30. The summed E-state index contributed by atoms with van der Waals surface area (Å²) in [7, 11) is 0. The van der Waals surface area contributed by atoms with Gasteiger partial charge < -0.3 is 15.5 Å². The van der Waals surface area contributed by atoms with Gasteiger partial charge in [-0.05, 0) is 35.9 Å². The van der Waals surface area contributed by atoms with Crippen molar-refractivity contribution in [3.63, 3.8) is 0 Å². The summed E-state index contributed by atoms with van der Waals surface area (Å²) in [4.78, 5) is 16.4. The predicted molar refractivity (Wildman–Crippen MR) is 97.9 cm³/mol. The van der Waals surface area contributed by atoms with Crippen molar-refractivity contribution < 1.29 is 22.8 Å². The maximum Gasteiger partial charge on any atom is 0.416 e. The molecule has 6 nitrogen and oxygen atoms in total. The summed E-state index contributed by atoms with van der Waals surface area (Å²) in [5, 5.41) is 7.46. The second-order valence-corrected chi connectivity index (χ2v) is 6.21. The average molecular weight is 445 g/mol. The molecule has 5 N–H and O–H groups in total. The zero-order valence-corrected chi connectivity index (χ0v) is 15.4. The number of nitrogens with one attached hydrogen (secondary N) is 3. The molecule has 144 valence electrons. The van der Waals surface area contributed by atoms with Crippen molar-refractivity contribution in [1.82, 2.24) is 10.6 Å². The number of halogens is 4. The average Bonchev–Trinajstić information content (AvgIpc) is 2.60. The molecular weight excluding hydrogens is 429 g/mol. The van der Waals surface area contributed by atoms with Crippen LogP contribution in [0.15, 0.2) is 65.1 Å². The molecule has 0 aliphatic heterocycles. The Labute approximate surface area is 161 Å². The molecule has 0 aliphatic rings. The van der Waals surface area contributed by atoms with Crippen molar-refractivity contribution in [3.05, 3.63) is 76.2 Å². The summed E-state index contributed by atoms with van der Waals surface area (Å²) in [6.07, 6.45) is -3.18. The van der Waals surface area contributed by atoms with E-state index in [1.807, 2.05) is 24.3 Å². The zero-order valence-electron chi connectivity index (χ0n) is 13.8. The van der Waals surface area contributed by atoms with E-state index in [9.17, 15) is 18.0 Å². The molecule has 0 fully saturated rings. The van der Waals surface area contributed by atoms with Crippen LogP contribution in [-0.4, -0.2) is 6.03 Å². The van der Waals surface area contributed by atoms with E-state index in [0.717, 1.165) is 22.2 Å². The topological polar surface area (TPSA) is 88.4 Å². The molecule has 2 amide bonds. The molecule has 10 heteroatoms. The summed E-state index contributed by atoms with van der Waals surface area (Å²) in [6.45, 7) is 0.434. The molecule has 2 rings (SSSR count). The number of nitrogens with two attached hydrogens (primary N) is 1. The second kappa shape index (κ2) is 9.28. The van der Waals surface area contributed by atoms with Crippen LogP contribution < -0.4 is 21.8 Å². The number of carbonyl (C=O) groups excluding carboxylic acids is 1. The molecule has 27 heavy (non-hydrogen) atoms. The van der Waals surface area contributed by atoms with Gasteiger partial charge in [0.25, 0.3) is 0 Å². The summed E-state index contributed by atoms with van der Waals surface area (Å²) >= 11 is 3.35. The Bertz CT molecular complexity index is 828. The number of rotatable bonds is 6. The van der Waals surface area contributed by atoms with Crippen LogP contribution in [0.5, 0.6) is 0 Å². The molecule has 0 saturated carbocycles. The first-order valence-corrected chi connectivity index (χ1v) is 8.37. The van der Waals surface area contributed by atoms with Crippen molar-refractivity contribution >= 4 is 27.6 Å². The van der Waals surface area contributed by atoms with Crippen LogP contribution in [0.25, 0.3) is 0 Å². The third-order valence-corrected chi connectivity index (χ3v) is 3.73. The highest BCUT2D eigenvalue weighted by atomic mass is 79.9. The van der Waals surface area contributed by atoms with Gasteiger partial charge in [-0.2, -0.15) is 19.1 Å². The molecule has 0 atom stereocenters. The van der Waals surface area contributed by atoms with Gasteiger partial charge in [-0.1, -0.05) is 34.1 Å². The van der Waals surface area contributed by atoms with Crippen LogP contribution in [0.3, 0.4) is 0 Å². The molecule has 0 radical (unpaired) electrons. The zero-order chi connectivity index (χ0) is 19.9. The Hall–Kier alpha value is -2.72. The molecule has 2 aromatic carbocycles. The number of urea groups is 1. The lowest BCUT2D eigenvalue weighted by molar-refractivity contribution is -0.137. The van der Waals surface area contributed by atoms with Crippen LogP contribution in [0.4, 0.5) is 23.7 Å². The van der Waals surface area contributed by atoms with Crippen LogP contribution in [0.1, 0.15) is 11.1 Å². The predicted octanol–water partition coefficient (Wildman–Crippen LogP) is 4.07. The Balaban J connectivity index is 1.92. The summed E-state index contributed by atoms with van der Waals surface area (Å²) in [6, 6.07) is 11.0. The van der Waals surface area contributed by atoms with Crippen LogP contribution in [-0.2, 0) is 17.6 Å². The van der Waals surface area contributed by atoms with Gasteiger partial charge in [0.15, 0.2) is 0 Å². The standard InChI is InChI=1S/C17H16BrF3N4O2/c18-13-5-1-3-11(7-13)9-23-10-15(27-22)25-16(26)24-14-6-2-4-12(8-14)17(19,20)21/h1-8,10,23H,9,22H2,(H2,24,25,26)/b15-10-. The first-order chi connectivity index (χ1) is 12.8. The van der Waals surface area contributed by atoms with Gasteiger partial charge in [-0.3, -0.25) is 5.32 Å². The third kappa shape index (κ3) is 6.83. The highest BCUT2D eigenvalue weighted by Crippen LogP contribution is 2.30. The fraction of sp³-hybridized carbons (Fsp3) is 0.118. The maximum atomic E-state index is 12.7. The second-order valence-electron chi connectivity index (χ2n) is 5.29. The third-order valence-electron chi connectivity index (χ3n) is 3.24. The SMILES string of the molecule is NO/C(=C\NCc1cccc(Br)c1)NC(=O)Nc1cccc(C(F)(F)F)c1.